The van der Waals surface area contributed by atoms with Gasteiger partial charge in [-0.3, -0.25) is 4.79 Å². The van der Waals surface area contributed by atoms with Gasteiger partial charge in [0.05, 0.1) is 0 Å². The average molecular weight is 252 g/mol. The standard InChI is InChI=1S/C13H20N2OS/c1-10(9-14)13(16)15-12-5-3-11(4-6-12)7-8-17-2/h3-6,10H,7-9,14H2,1-2H3,(H,15,16). The number of carbonyl (C=O) groups is 1. The fourth-order valence-electron chi connectivity index (χ4n) is 1.35. The number of aryl methyl sites for hydroxylation is 1. The smallest absolute Gasteiger partial charge is 0.228 e. The van der Waals surface area contributed by atoms with Gasteiger partial charge in [0.15, 0.2) is 0 Å². The molecule has 3 N–H and O–H groups in total. The van der Waals surface area contributed by atoms with Crippen molar-refractivity contribution < 1.29 is 4.79 Å². The molecular formula is C13H20N2OS. The molecule has 1 atom stereocenters. The summed E-state index contributed by atoms with van der Waals surface area (Å²) in [6.07, 6.45) is 3.16. The molecular weight excluding hydrogens is 232 g/mol. The molecule has 1 aromatic rings. The van der Waals surface area contributed by atoms with E-state index in [2.05, 4.69) is 23.7 Å². The van der Waals surface area contributed by atoms with Gasteiger partial charge in [0, 0.05) is 18.2 Å². The van der Waals surface area contributed by atoms with Crippen LogP contribution in [-0.4, -0.2) is 24.5 Å². The lowest BCUT2D eigenvalue weighted by atomic mass is 10.1. The largest absolute Gasteiger partial charge is 0.330 e. The van der Waals surface area contributed by atoms with Crippen LogP contribution in [0.25, 0.3) is 0 Å². The molecule has 0 aliphatic rings. The number of thioether (sulfide) groups is 1. The summed E-state index contributed by atoms with van der Waals surface area (Å²) in [6.45, 7) is 2.19. The number of carbonyl (C=O) groups excluding carboxylic acids is 1. The number of nitrogens with one attached hydrogen (secondary N) is 1. The fourth-order valence-corrected chi connectivity index (χ4v) is 1.79. The minimum absolute atomic E-state index is 0.0237. The van der Waals surface area contributed by atoms with Crippen LogP contribution in [0.5, 0.6) is 0 Å². The number of hydrogen-bond acceptors (Lipinski definition) is 3. The highest BCUT2D eigenvalue weighted by molar-refractivity contribution is 7.98. The lowest BCUT2D eigenvalue weighted by Crippen LogP contribution is -2.26. The summed E-state index contributed by atoms with van der Waals surface area (Å²) in [4.78, 5) is 11.6. The van der Waals surface area contributed by atoms with Crippen LogP contribution in [0.4, 0.5) is 5.69 Å². The third-order valence-corrected chi connectivity index (χ3v) is 3.23. The van der Waals surface area contributed by atoms with Gasteiger partial charge in [0.1, 0.15) is 0 Å². The third-order valence-electron chi connectivity index (χ3n) is 2.62. The number of amides is 1. The molecule has 3 nitrogen and oxygen atoms in total. The van der Waals surface area contributed by atoms with Crippen molar-refractivity contribution in [2.75, 3.05) is 23.9 Å². The minimum Gasteiger partial charge on any atom is -0.330 e. The maximum absolute atomic E-state index is 11.6. The van der Waals surface area contributed by atoms with Gasteiger partial charge in [-0.1, -0.05) is 19.1 Å². The summed E-state index contributed by atoms with van der Waals surface area (Å²) >= 11 is 1.83. The highest BCUT2D eigenvalue weighted by atomic mass is 32.2. The molecule has 4 heteroatoms. The van der Waals surface area contributed by atoms with E-state index in [1.807, 2.05) is 30.8 Å². The number of nitrogens with two attached hydrogens (primary N) is 1. The fraction of sp³-hybridized carbons (Fsp3) is 0.462. The zero-order chi connectivity index (χ0) is 12.7. The number of anilines is 1. The molecule has 0 spiro atoms. The van der Waals surface area contributed by atoms with Crippen LogP contribution in [-0.2, 0) is 11.2 Å². The van der Waals surface area contributed by atoms with Crippen LogP contribution in [0.1, 0.15) is 12.5 Å². The second-order valence-corrected chi connectivity index (χ2v) is 5.05. The van der Waals surface area contributed by atoms with Gasteiger partial charge >= 0.3 is 0 Å². The van der Waals surface area contributed by atoms with E-state index in [1.54, 1.807) is 0 Å². The molecule has 1 aromatic carbocycles. The normalized spacial score (nSPS) is 12.2. The Labute approximate surface area is 107 Å². The van der Waals surface area contributed by atoms with Gasteiger partial charge in [-0.15, -0.1) is 0 Å². The second kappa shape index (κ2) is 7.35. The van der Waals surface area contributed by atoms with Crippen LogP contribution in [0.3, 0.4) is 0 Å². The molecule has 0 bridgehead atoms. The first kappa shape index (κ1) is 14.1. The summed E-state index contributed by atoms with van der Waals surface area (Å²) in [5, 5.41) is 2.85. The van der Waals surface area contributed by atoms with E-state index in [1.165, 1.54) is 5.56 Å². The lowest BCUT2D eigenvalue weighted by Gasteiger charge is -2.10. The number of hydrogen-bond donors (Lipinski definition) is 2. The van der Waals surface area contributed by atoms with Gasteiger partial charge < -0.3 is 11.1 Å². The maximum Gasteiger partial charge on any atom is 0.228 e. The van der Waals surface area contributed by atoms with Crippen molar-refractivity contribution in [3.63, 3.8) is 0 Å². The maximum atomic E-state index is 11.6. The van der Waals surface area contributed by atoms with Gasteiger partial charge in [0.2, 0.25) is 5.91 Å². The van der Waals surface area contributed by atoms with Crippen LogP contribution in [0.15, 0.2) is 24.3 Å². The Morgan fingerprint density at radius 3 is 2.59 bits per heavy atom. The van der Waals surface area contributed by atoms with Gasteiger partial charge in [-0.05, 0) is 36.1 Å². The first-order valence-corrected chi connectivity index (χ1v) is 7.15. The monoisotopic (exact) mass is 252 g/mol. The minimum atomic E-state index is -0.147. The van der Waals surface area contributed by atoms with Crippen molar-refractivity contribution in [2.24, 2.45) is 11.7 Å². The first-order chi connectivity index (χ1) is 8.17. The Hall–Kier alpha value is -1.00. The average Bonchev–Trinajstić information content (AvgIpc) is 2.37. The molecule has 0 radical (unpaired) electrons. The van der Waals surface area contributed by atoms with Crippen molar-refractivity contribution in [2.45, 2.75) is 13.3 Å². The zero-order valence-corrected chi connectivity index (χ0v) is 11.2. The van der Waals surface area contributed by atoms with Crippen molar-refractivity contribution >= 4 is 23.4 Å². The molecule has 0 fully saturated rings. The topological polar surface area (TPSA) is 55.1 Å². The van der Waals surface area contributed by atoms with Crippen molar-refractivity contribution in [1.29, 1.82) is 0 Å². The quantitative estimate of drug-likeness (QED) is 0.815. The molecule has 0 saturated heterocycles. The third kappa shape index (κ3) is 4.79. The lowest BCUT2D eigenvalue weighted by molar-refractivity contribution is -0.119. The van der Waals surface area contributed by atoms with E-state index >= 15 is 0 Å². The van der Waals surface area contributed by atoms with Gasteiger partial charge in [-0.2, -0.15) is 11.8 Å². The number of rotatable bonds is 6. The van der Waals surface area contributed by atoms with E-state index in [0.29, 0.717) is 6.54 Å². The molecule has 94 valence electrons. The number of benzene rings is 1. The van der Waals surface area contributed by atoms with E-state index < -0.39 is 0 Å². The molecule has 0 saturated carbocycles. The van der Waals surface area contributed by atoms with Crippen LogP contribution < -0.4 is 11.1 Å². The molecule has 1 unspecified atom stereocenters. The summed E-state index contributed by atoms with van der Waals surface area (Å²) in [5.41, 5.74) is 7.57. The van der Waals surface area contributed by atoms with Crippen LogP contribution in [0.2, 0.25) is 0 Å². The highest BCUT2D eigenvalue weighted by Crippen LogP contribution is 2.12. The van der Waals surface area contributed by atoms with E-state index in [-0.39, 0.29) is 11.8 Å². The summed E-state index contributed by atoms with van der Waals surface area (Å²) in [6, 6.07) is 7.99. The summed E-state index contributed by atoms with van der Waals surface area (Å²) in [7, 11) is 0. The molecule has 0 aliphatic heterocycles. The molecule has 17 heavy (non-hydrogen) atoms. The van der Waals surface area contributed by atoms with Crippen LogP contribution >= 0.6 is 11.8 Å². The summed E-state index contributed by atoms with van der Waals surface area (Å²) < 4.78 is 0. The molecule has 1 amide bonds. The Morgan fingerprint density at radius 2 is 2.06 bits per heavy atom. The molecule has 0 heterocycles. The van der Waals surface area contributed by atoms with Gasteiger partial charge in [-0.25, -0.2) is 0 Å². The highest BCUT2D eigenvalue weighted by Gasteiger charge is 2.10. The Bertz CT molecular complexity index is 351. The van der Waals surface area contributed by atoms with E-state index in [4.69, 9.17) is 5.73 Å². The molecule has 0 aromatic heterocycles. The first-order valence-electron chi connectivity index (χ1n) is 5.76. The Morgan fingerprint density at radius 1 is 1.41 bits per heavy atom. The zero-order valence-electron chi connectivity index (χ0n) is 10.4. The van der Waals surface area contributed by atoms with E-state index in [9.17, 15) is 4.79 Å². The van der Waals surface area contributed by atoms with Crippen molar-refractivity contribution in [3.8, 4) is 0 Å². The van der Waals surface area contributed by atoms with E-state index in [0.717, 1.165) is 17.9 Å². The summed E-state index contributed by atoms with van der Waals surface area (Å²) in [5.74, 6) is 0.950. The van der Waals surface area contributed by atoms with Crippen LogP contribution in [0, 0.1) is 5.92 Å². The Balaban J connectivity index is 2.53. The second-order valence-electron chi connectivity index (χ2n) is 4.07. The molecule has 1 rings (SSSR count). The predicted octanol–water partition coefficient (Wildman–Crippen LogP) is 2.13. The van der Waals surface area contributed by atoms with Crippen molar-refractivity contribution in [1.82, 2.24) is 0 Å². The van der Waals surface area contributed by atoms with Gasteiger partial charge in [0.25, 0.3) is 0 Å². The Kier molecular flexibility index (Phi) is 6.08. The molecule has 0 aliphatic carbocycles. The van der Waals surface area contributed by atoms with Crippen molar-refractivity contribution in [3.05, 3.63) is 29.8 Å². The SMILES string of the molecule is CSCCc1ccc(NC(=O)C(C)CN)cc1. The predicted molar refractivity (Wildman–Crippen MR) is 75.4 cm³/mol.